The first-order chi connectivity index (χ1) is 13.3. The molecule has 11 heteroatoms. The van der Waals surface area contributed by atoms with E-state index in [-0.39, 0.29) is 0 Å². The van der Waals surface area contributed by atoms with Crippen molar-refractivity contribution in [2.45, 2.75) is 78.7 Å². The van der Waals surface area contributed by atoms with Gasteiger partial charge in [-0.25, -0.2) is 14.6 Å². The molecule has 11 nitrogen and oxygen atoms in total. The largest absolute Gasteiger partial charge is 0.444 e. The quantitative estimate of drug-likeness (QED) is 0.439. The monoisotopic (exact) mass is 431 g/mol. The molecule has 0 unspecified atom stereocenters. The van der Waals surface area contributed by atoms with Crippen LogP contribution in [0.5, 0.6) is 0 Å². The fraction of sp³-hybridized carbons (Fsp3) is 0.737. The average Bonchev–Trinajstić information content (AvgIpc) is 2.48. The summed E-state index contributed by atoms with van der Waals surface area (Å²) < 4.78 is 9.92. The van der Waals surface area contributed by atoms with Crippen molar-refractivity contribution in [3.63, 3.8) is 0 Å². The number of nitrogens with one attached hydrogen (secondary N) is 2. The lowest BCUT2D eigenvalue weighted by atomic mass is 10.2. The topological polar surface area (TPSA) is 152 Å². The van der Waals surface area contributed by atoms with Crippen molar-refractivity contribution in [3.05, 3.63) is 0 Å². The van der Waals surface area contributed by atoms with Crippen molar-refractivity contribution >= 4 is 30.3 Å². The van der Waals surface area contributed by atoms with Crippen molar-refractivity contribution in [1.82, 2.24) is 15.5 Å². The highest BCUT2D eigenvalue weighted by Gasteiger charge is 2.21. The minimum atomic E-state index is -0.713. The van der Waals surface area contributed by atoms with Gasteiger partial charge in [-0.15, -0.1) is 0 Å². The van der Waals surface area contributed by atoms with E-state index in [9.17, 15) is 19.2 Å². The van der Waals surface area contributed by atoms with Crippen LogP contribution in [0.4, 0.5) is 9.59 Å². The van der Waals surface area contributed by atoms with Gasteiger partial charge in [-0.2, -0.15) is 0 Å². The van der Waals surface area contributed by atoms with Crippen molar-refractivity contribution in [2.24, 2.45) is 10.7 Å². The zero-order valence-electron chi connectivity index (χ0n) is 19.7. The number of hydrogen-bond acceptors (Lipinski definition) is 6. The summed E-state index contributed by atoms with van der Waals surface area (Å²) in [6.45, 7) is 13.5. The molecule has 174 valence electrons. The highest BCUT2D eigenvalue weighted by molar-refractivity contribution is 5.90. The molecule has 0 aromatic heterocycles. The Labute approximate surface area is 178 Å². The normalized spacial score (nSPS) is 13.3. The number of rotatable bonds is 5. The van der Waals surface area contributed by atoms with Crippen LogP contribution >= 0.6 is 0 Å². The molecule has 0 aliphatic heterocycles. The third-order valence-electron chi connectivity index (χ3n) is 2.68. The van der Waals surface area contributed by atoms with Gasteiger partial charge in [0.05, 0.1) is 6.34 Å². The molecule has 30 heavy (non-hydrogen) atoms. The minimum absolute atomic E-state index is 0.426. The van der Waals surface area contributed by atoms with Gasteiger partial charge >= 0.3 is 12.2 Å². The molecular formula is C19H37N5O6. The number of primary amides is 1. The Hall–Kier alpha value is -2.85. The number of aliphatic imine (C=N–C) groups is 1. The molecule has 4 N–H and O–H groups in total. The number of carbonyl (C=O) groups is 4. The van der Waals surface area contributed by atoms with E-state index in [1.807, 2.05) is 0 Å². The summed E-state index contributed by atoms with van der Waals surface area (Å²) in [4.78, 5) is 49.7. The Morgan fingerprint density at radius 1 is 0.867 bits per heavy atom. The van der Waals surface area contributed by atoms with Crippen LogP contribution in [0.15, 0.2) is 4.99 Å². The molecule has 0 heterocycles. The summed E-state index contributed by atoms with van der Waals surface area (Å²) in [7, 11) is 3.51. The number of ether oxygens (including phenoxy) is 2. The van der Waals surface area contributed by atoms with Gasteiger partial charge in [-0.05, 0) is 55.4 Å². The maximum absolute atomic E-state index is 11.5. The summed E-state index contributed by atoms with van der Waals surface area (Å²) >= 11 is 0. The van der Waals surface area contributed by atoms with Crippen LogP contribution < -0.4 is 16.4 Å². The molecule has 0 aromatic rings. The molecule has 0 saturated heterocycles. The highest BCUT2D eigenvalue weighted by atomic mass is 16.6. The van der Waals surface area contributed by atoms with Crippen LogP contribution in [0, 0.1) is 0 Å². The average molecular weight is 432 g/mol. The van der Waals surface area contributed by atoms with Gasteiger partial charge in [0, 0.05) is 14.1 Å². The maximum atomic E-state index is 11.5. The highest BCUT2D eigenvalue weighted by Crippen LogP contribution is 2.07. The molecule has 0 bridgehead atoms. The van der Waals surface area contributed by atoms with Crippen LogP contribution in [0.2, 0.25) is 0 Å². The van der Waals surface area contributed by atoms with Crippen molar-refractivity contribution in [3.8, 4) is 0 Å². The lowest BCUT2D eigenvalue weighted by Gasteiger charge is -2.21. The Kier molecular flexibility index (Phi) is 12.4. The van der Waals surface area contributed by atoms with Gasteiger partial charge in [-0.3, -0.25) is 9.59 Å². The maximum Gasteiger partial charge on any atom is 0.408 e. The number of nitrogens with zero attached hydrogens (tertiary/aromatic N) is 2. The van der Waals surface area contributed by atoms with Gasteiger partial charge in [0.25, 0.3) is 5.91 Å². The minimum Gasteiger partial charge on any atom is -0.444 e. The first kappa shape index (κ1) is 29.4. The fourth-order valence-electron chi connectivity index (χ4n) is 1.39. The Morgan fingerprint density at radius 2 is 1.23 bits per heavy atom. The molecular weight excluding hydrogens is 394 g/mol. The molecule has 0 aliphatic rings. The number of nitrogens with two attached hydrogens (primary N) is 1. The first-order valence-electron chi connectivity index (χ1n) is 9.37. The van der Waals surface area contributed by atoms with E-state index in [1.165, 1.54) is 13.3 Å². The molecule has 4 amide bonds. The van der Waals surface area contributed by atoms with E-state index in [0.29, 0.717) is 0 Å². The van der Waals surface area contributed by atoms with Crippen molar-refractivity contribution in [1.29, 1.82) is 0 Å². The van der Waals surface area contributed by atoms with E-state index < -0.39 is 47.3 Å². The van der Waals surface area contributed by atoms with Gasteiger partial charge in [0.1, 0.15) is 23.3 Å². The molecule has 0 spiro atoms. The molecule has 2 atom stereocenters. The Morgan fingerprint density at radius 3 is 1.53 bits per heavy atom. The molecule has 0 rings (SSSR count). The van der Waals surface area contributed by atoms with E-state index in [2.05, 4.69) is 15.6 Å². The third kappa shape index (κ3) is 18.5. The van der Waals surface area contributed by atoms with Crippen molar-refractivity contribution in [2.75, 3.05) is 14.1 Å². The van der Waals surface area contributed by atoms with Gasteiger partial charge < -0.3 is 30.7 Å². The van der Waals surface area contributed by atoms with E-state index in [0.717, 1.165) is 0 Å². The lowest BCUT2D eigenvalue weighted by molar-refractivity contribution is -0.120. The molecule has 0 radical (unpaired) electrons. The van der Waals surface area contributed by atoms with Crippen LogP contribution in [0.25, 0.3) is 0 Å². The third-order valence-corrected chi connectivity index (χ3v) is 2.68. The van der Waals surface area contributed by atoms with Gasteiger partial charge in [0.2, 0.25) is 5.91 Å². The van der Waals surface area contributed by atoms with Crippen LogP contribution in [-0.2, 0) is 19.1 Å². The van der Waals surface area contributed by atoms with Crippen LogP contribution in [0.3, 0.4) is 0 Å². The number of alkyl carbamates (subject to hydrolysis) is 2. The van der Waals surface area contributed by atoms with Gasteiger partial charge in [-0.1, -0.05) is 0 Å². The summed E-state index contributed by atoms with van der Waals surface area (Å²) in [5.74, 6) is -1.02. The Balaban J connectivity index is 0. The summed E-state index contributed by atoms with van der Waals surface area (Å²) in [6, 6.07) is -1.42. The zero-order chi connectivity index (χ0) is 24.3. The van der Waals surface area contributed by atoms with E-state index in [1.54, 1.807) is 67.5 Å². The molecule has 0 saturated carbocycles. The van der Waals surface area contributed by atoms with Crippen LogP contribution in [-0.4, -0.2) is 72.6 Å². The molecule has 0 aliphatic carbocycles. The number of carbonyl (C=O) groups excluding carboxylic acids is 4. The second-order valence-corrected chi connectivity index (χ2v) is 8.68. The predicted octanol–water partition coefficient (Wildman–Crippen LogP) is 1.40. The molecule has 0 aromatic carbocycles. The van der Waals surface area contributed by atoms with E-state index in [4.69, 9.17) is 15.2 Å². The summed E-state index contributed by atoms with van der Waals surface area (Å²) in [6.07, 6.45) is 0.118. The number of hydrogen-bond donors (Lipinski definition) is 3. The lowest BCUT2D eigenvalue weighted by Crippen LogP contribution is -2.44. The predicted molar refractivity (Wildman–Crippen MR) is 114 cm³/mol. The zero-order valence-corrected chi connectivity index (χ0v) is 19.7. The summed E-state index contributed by atoms with van der Waals surface area (Å²) in [5.41, 5.74) is 3.79. The van der Waals surface area contributed by atoms with Crippen LogP contribution in [0.1, 0.15) is 55.4 Å². The fourth-order valence-corrected chi connectivity index (χ4v) is 1.39. The summed E-state index contributed by atoms with van der Waals surface area (Å²) in [5, 5.41) is 4.72. The smallest absolute Gasteiger partial charge is 0.408 e. The molecule has 0 fully saturated rings. The number of amides is 4. The standard InChI is InChI=1S/C11H21N3O3.C8H16N2O3/c1-8(9(15)12-7-14(5)6)13-10(16)17-11(2,3)4;1-5(6(9)11)10-7(12)13-8(2,3)4/h7-8H,1-6H3,(H,13,16);5H,1-4H3,(H2,9,11)(H,10,12)/b12-7+;/t8-;5-/m00/s1. The second-order valence-electron chi connectivity index (χ2n) is 8.68. The van der Waals surface area contributed by atoms with E-state index >= 15 is 0 Å². The van der Waals surface area contributed by atoms with Gasteiger partial charge in [0.15, 0.2) is 0 Å². The van der Waals surface area contributed by atoms with Crippen molar-refractivity contribution < 1.29 is 28.7 Å². The Bertz CT molecular complexity index is 620. The first-order valence-corrected chi connectivity index (χ1v) is 9.37. The SMILES string of the molecule is C[C@H](NC(=O)OC(C)(C)C)C(=O)/N=C/N(C)C.C[C@H](NC(=O)OC(C)(C)C)C(N)=O. The second kappa shape index (κ2) is 12.7.